The second-order valence-corrected chi connectivity index (χ2v) is 9.41. The zero-order valence-electron chi connectivity index (χ0n) is 18.0. The van der Waals surface area contributed by atoms with Crippen molar-refractivity contribution in [3.63, 3.8) is 0 Å². The van der Waals surface area contributed by atoms with Gasteiger partial charge < -0.3 is 14.5 Å². The van der Waals surface area contributed by atoms with E-state index in [4.69, 9.17) is 0 Å². The predicted molar refractivity (Wildman–Crippen MR) is 127 cm³/mol. The third kappa shape index (κ3) is 3.71. The number of carbonyl (C=O) groups excluding carboxylic acids is 1. The maximum absolute atomic E-state index is 12.9. The highest BCUT2D eigenvalue weighted by Crippen LogP contribution is 2.31. The number of rotatable bonds is 5. The van der Waals surface area contributed by atoms with Crippen LogP contribution in [0.5, 0.6) is 0 Å². The van der Waals surface area contributed by atoms with Crippen LogP contribution in [0.15, 0.2) is 47.6 Å². The van der Waals surface area contributed by atoms with Crippen LogP contribution in [0, 0.1) is 0 Å². The molecule has 2 aromatic carbocycles. The van der Waals surface area contributed by atoms with Gasteiger partial charge in [0.25, 0.3) is 0 Å². The number of carbonyl (C=O) groups is 1. The number of nitrogens with one attached hydrogen (secondary N) is 1. The van der Waals surface area contributed by atoms with Crippen LogP contribution >= 0.6 is 11.8 Å². The molecule has 4 aromatic rings. The maximum Gasteiger partial charge on any atom is 0.237 e. The summed E-state index contributed by atoms with van der Waals surface area (Å²) in [5.41, 5.74) is 3.24. The number of hydrogen-bond donors (Lipinski definition) is 1. The van der Waals surface area contributed by atoms with E-state index in [0.717, 1.165) is 49.0 Å². The smallest absolute Gasteiger partial charge is 0.237 e. The van der Waals surface area contributed by atoms with E-state index in [1.807, 2.05) is 13.0 Å². The van der Waals surface area contributed by atoms with Gasteiger partial charge in [-0.05, 0) is 51.0 Å². The molecule has 0 saturated heterocycles. The Morgan fingerprint density at radius 2 is 1.94 bits per heavy atom. The molecule has 6 nitrogen and oxygen atoms in total. The molecule has 0 radical (unpaired) electrons. The number of aromatic nitrogens is 4. The van der Waals surface area contributed by atoms with Gasteiger partial charge in [0, 0.05) is 47.0 Å². The van der Waals surface area contributed by atoms with Gasteiger partial charge in [-0.1, -0.05) is 36.4 Å². The Kier molecular flexibility index (Phi) is 5.44. The van der Waals surface area contributed by atoms with E-state index in [-0.39, 0.29) is 11.2 Å². The van der Waals surface area contributed by atoms with Crippen molar-refractivity contribution in [1.29, 1.82) is 0 Å². The molecule has 1 unspecified atom stereocenters. The quantitative estimate of drug-likeness (QED) is 0.437. The summed E-state index contributed by atoms with van der Waals surface area (Å²) in [6, 6.07) is 14.6. The zero-order chi connectivity index (χ0) is 21.4. The van der Waals surface area contributed by atoms with Crippen LogP contribution in [0.4, 0.5) is 5.69 Å². The van der Waals surface area contributed by atoms with Crippen molar-refractivity contribution in [2.24, 2.45) is 0 Å². The van der Waals surface area contributed by atoms with Crippen LogP contribution in [0.25, 0.3) is 21.8 Å². The Bertz CT molecular complexity index is 1260. The summed E-state index contributed by atoms with van der Waals surface area (Å²) in [5, 5.41) is 14.8. The molecular formula is C24H27N5OS. The fourth-order valence-corrected chi connectivity index (χ4v) is 5.37. The van der Waals surface area contributed by atoms with E-state index in [9.17, 15) is 4.79 Å². The van der Waals surface area contributed by atoms with Crippen molar-refractivity contribution in [3.05, 3.63) is 48.3 Å². The van der Waals surface area contributed by atoms with E-state index in [1.54, 1.807) is 0 Å². The average molecular weight is 434 g/mol. The summed E-state index contributed by atoms with van der Waals surface area (Å²) in [4.78, 5) is 12.9. The van der Waals surface area contributed by atoms with E-state index in [0.29, 0.717) is 0 Å². The first-order chi connectivity index (χ1) is 15.2. The molecule has 0 spiro atoms. The highest BCUT2D eigenvalue weighted by molar-refractivity contribution is 8.00. The van der Waals surface area contributed by atoms with Gasteiger partial charge in [-0.15, -0.1) is 10.2 Å². The largest absolute Gasteiger partial charge is 0.341 e. The fourth-order valence-electron chi connectivity index (χ4n) is 4.47. The van der Waals surface area contributed by atoms with Crippen LogP contribution in [0.2, 0.25) is 0 Å². The van der Waals surface area contributed by atoms with Gasteiger partial charge in [0.1, 0.15) is 5.82 Å². The van der Waals surface area contributed by atoms with Gasteiger partial charge in [-0.25, -0.2) is 0 Å². The number of anilines is 1. The minimum atomic E-state index is -0.260. The van der Waals surface area contributed by atoms with Crippen molar-refractivity contribution >= 4 is 45.2 Å². The Labute approximate surface area is 186 Å². The number of nitrogens with zero attached hydrogens (tertiary/aromatic N) is 4. The Morgan fingerprint density at radius 3 is 2.81 bits per heavy atom. The normalized spacial score (nSPS) is 15.0. The van der Waals surface area contributed by atoms with Crippen LogP contribution < -0.4 is 5.32 Å². The lowest BCUT2D eigenvalue weighted by molar-refractivity contribution is -0.115. The number of thioether (sulfide) groups is 1. The number of fused-ring (bicyclic) bond motifs is 4. The molecule has 160 valence electrons. The Balaban J connectivity index is 1.36. The van der Waals surface area contributed by atoms with Gasteiger partial charge in [0.2, 0.25) is 5.91 Å². The molecule has 1 amide bonds. The highest BCUT2D eigenvalue weighted by atomic mass is 32.2. The van der Waals surface area contributed by atoms with Gasteiger partial charge in [0.05, 0.1) is 5.25 Å². The van der Waals surface area contributed by atoms with Crippen molar-refractivity contribution in [2.45, 2.75) is 63.0 Å². The molecule has 31 heavy (non-hydrogen) atoms. The molecule has 1 aliphatic rings. The third-order valence-corrected chi connectivity index (χ3v) is 7.16. The van der Waals surface area contributed by atoms with E-state index < -0.39 is 0 Å². The van der Waals surface area contributed by atoms with Crippen LogP contribution in [0.3, 0.4) is 0 Å². The second kappa shape index (κ2) is 8.38. The molecule has 7 heteroatoms. The molecule has 3 heterocycles. The first kappa shape index (κ1) is 20.1. The molecule has 1 N–H and O–H groups in total. The lowest BCUT2D eigenvalue weighted by Gasteiger charge is -2.13. The molecule has 0 aliphatic carbocycles. The topological polar surface area (TPSA) is 64.7 Å². The molecular weight excluding hydrogens is 406 g/mol. The van der Waals surface area contributed by atoms with Crippen molar-refractivity contribution in [1.82, 2.24) is 19.3 Å². The Morgan fingerprint density at radius 1 is 1.10 bits per heavy atom. The first-order valence-electron chi connectivity index (χ1n) is 11.1. The van der Waals surface area contributed by atoms with Gasteiger partial charge in [-0.3, -0.25) is 4.79 Å². The number of para-hydroxylation sites is 1. The van der Waals surface area contributed by atoms with Gasteiger partial charge >= 0.3 is 0 Å². The maximum atomic E-state index is 12.9. The number of benzene rings is 2. The molecule has 1 atom stereocenters. The van der Waals surface area contributed by atoms with Gasteiger partial charge in [-0.2, -0.15) is 0 Å². The summed E-state index contributed by atoms with van der Waals surface area (Å²) >= 11 is 1.49. The standard InChI is InChI=1S/C24H27N5OS/c1-3-28-20-10-7-6-9-18(20)19-15-17(12-13-21(19)28)25-23(30)16(2)31-24-27-26-22-11-5-4-8-14-29(22)24/h6-7,9-10,12-13,15-16H,3-5,8,11,14H2,1-2H3,(H,25,30). The number of amides is 1. The molecule has 0 fully saturated rings. The SMILES string of the molecule is CCn1c2ccccc2c2cc(NC(=O)C(C)Sc3nnc4n3CCCCC4)ccc21. The molecule has 1 aliphatic heterocycles. The van der Waals surface area contributed by atoms with E-state index in [1.165, 1.54) is 40.0 Å². The molecule has 0 saturated carbocycles. The van der Waals surface area contributed by atoms with Gasteiger partial charge in [0.15, 0.2) is 5.16 Å². The number of aryl methyl sites for hydroxylation is 2. The van der Waals surface area contributed by atoms with Crippen molar-refractivity contribution < 1.29 is 4.79 Å². The molecule has 0 bridgehead atoms. The first-order valence-corrected chi connectivity index (χ1v) is 11.9. The monoisotopic (exact) mass is 433 g/mol. The third-order valence-electron chi connectivity index (χ3n) is 6.08. The predicted octanol–water partition coefficient (Wildman–Crippen LogP) is 5.25. The minimum Gasteiger partial charge on any atom is -0.341 e. The number of hydrogen-bond acceptors (Lipinski definition) is 4. The zero-order valence-corrected chi connectivity index (χ0v) is 18.8. The molecule has 2 aromatic heterocycles. The minimum absolute atomic E-state index is 0.0189. The van der Waals surface area contributed by atoms with Crippen LogP contribution in [0.1, 0.15) is 38.9 Å². The van der Waals surface area contributed by atoms with E-state index >= 15 is 0 Å². The fraction of sp³-hybridized carbons (Fsp3) is 0.375. The van der Waals surface area contributed by atoms with E-state index in [2.05, 4.69) is 68.0 Å². The van der Waals surface area contributed by atoms with Crippen molar-refractivity contribution in [3.8, 4) is 0 Å². The summed E-state index contributed by atoms with van der Waals surface area (Å²) in [7, 11) is 0. The summed E-state index contributed by atoms with van der Waals surface area (Å²) < 4.78 is 4.50. The lowest BCUT2D eigenvalue weighted by Crippen LogP contribution is -2.23. The highest BCUT2D eigenvalue weighted by Gasteiger charge is 2.21. The van der Waals surface area contributed by atoms with Crippen LogP contribution in [-0.4, -0.2) is 30.5 Å². The summed E-state index contributed by atoms with van der Waals surface area (Å²) in [5.74, 6) is 1.03. The lowest BCUT2D eigenvalue weighted by atomic mass is 10.1. The van der Waals surface area contributed by atoms with Crippen molar-refractivity contribution in [2.75, 3.05) is 5.32 Å². The second-order valence-electron chi connectivity index (χ2n) is 8.10. The average Bonchev–Trinajstić information content (AvgIpc) is 3.21. The summed E-state index contributed by atoms with van der Waals surface area (Å²) in [6.07, 6.45) is 4.50. The summed E-state index contributed by atoms with van der Waals surface area (Å²) in [6.45, 7) is 5.94. The molecule has 5 rings (SSSR count). The Hall–Kier alpha value is -2.80. The van der Waals surface area contributed by atoms with Crippen LogP contribution in [-0.2, 0) is 24.3 Å².